The number of amides is 2. The van der Waals surface area contributed by atoms with Crippen LogP contribution >= 0.6 is 11.6 Å². The van der Waals surface area contributed by atoms with Gasteiger partial charge in [-0.15, -0.1) is 0 Å². The van der Waals surface area contributed by atoms with Crippen LogP contribution in [0.25, 0.3) is 0 Å². The van der Waals surface area contributed by atoms with Crippen molar-refractivity contribution in [3.05, 3.63) is 47.9 Å². The highest BCUT2D eigenvalue weighted by atomic mass is 35.5. The third-order valence-corrected chi connectivity index (χ3v) is 4.41. The van der Waals surface area contributed by atoms with E-state index in [4.69, 9.17) is 16.3 Å². The molecule has 2 aromatic rings. The molecule has 2 amide bonds. The molecule has 0 unspecified atom stereocenters. The lowest BCUT2D eigenvalue weighted by Gasteiger charge is -2.17. The Labute approximate surface area is 166 Å². The van der Waals surface area contributed by atoms with Gasteiger partial charge in [0, 0.05) is 19.1 Å². The third kappa shape index (κ3) is 4.55. The van der Waals surface area contributed by atoms with Gasteiger partial charge in [-0.05, 0) is 24.6 Å². The molecule has 1 atom stereocenters. The van der Waals surface area contributed by atoms with Crippen molar-refractivity contribution in [2.24, 2.45) is 0 Å². The maximum atomic E-state index is 12.6. The number of nitrogens with one attached hydrogen (secondary N) is 2. The van der Waals surface area contributed by atoms with Crippen LogP contribution in [0.5, 0.6) is 5.88 Å². The number of carbonyl (C=O) groups excluding carboxylic acids is 2. The number of pyridine rings is 1. The van der Waals surface area contributed by atoms with Gasteiger partial charge >= 0.3 is 0 Å². The number of anilines is 2. The minimum Gasteiger partial charge on any atom is -0.480 e. The van der Waals surface area contributed by atoms with E-state index in [1.54, 1.807) is 17.0 Å². The van der Waals surface area contributed by atoms with Crippen molar-refractivity contribution in [1.82, 2.24) is 19.9 Å². The second-order valence-corrected chi connectivity index (χ2v) is 6.46. The quantitative estimate of drug-likeness (QED) is 0.711. The van der Waals surface area contributed by atoms with Crippen molar-refractivity contribution >= 4 is 35.1 Å². The molecule has 1 aliphatic rings. The summed E-state index contributed by atoms with van der Waals surface area (Å²) in [6.45, 7) is 4.46. The van der Waals surface area contributed by atoms with Crippen LogP contribution in [0.2, 0.25) is 5.02 Å². The second kappa shape index (κ2) is 8.66. The van der Waals surface area contributed by atoms with Gasteiger partial charge in [0.15, 0.2) is 0 Å². The number of likely N-dealkylation sites (tertiary alicyclic amines) is 1. The van der Waals surface area contributed by atoms with Gasteiger partial charge < -0.3 is 20.3 Å². The molecule has 9 nitrogen and oxygen atoms in total. The van der Waals surface area contributed by atoms with E-state index in [2.05, 4.69) is 32.2 Å². The van der Waals surface area contributed by atoms with Crippen molar-refractivity contribution in [2.45, 2.75) is 12.5 Å². The molecule has 1 fully saturated rings. The third-order valence-electron chi connectivity index (χ3n) is 4.15. The van der Waals surface area contributed by atoms with E-state index >= 15 is 0 Å². The summed E-state index contributed by atoms with van der Waals surface area (Å²) in [6.07, 6.45) is 4.81. The number of nitrogens with zero attached hydrogens (tertiary/aromatic N) is 4. The molecule has 3 rings (SSSR count). The lowest BCUT2D eigenvalue weighted by atomic mass is 10.3. The molecule has 0 saturated carbocycles. The number of rotatable bonds is 6. The molecule has 3 heterocycles. The molecule has 0 bridgehead atoms. The fourth-order valence-electron chi connectivity index (χ4n) is 2.76. The Balaban J connectivity index is 1.59. The van der Waals surface area contributed by atoms with Gasteiger partial charge in [-0.2, -0.15) is 4.98 Å². The monoisotopic (exact) mass is 402 g/mol. The Kier molecular flexibility index (Phi) is 6.05. The molecule has 2 aromatic heterocycles. The van der Waals surface area contributed by atoms with Crippen LogP contribution in [0.15, 0.2) is 37.2 Å². The van der Waals surface area contributed by atoms with E-state index in [9.17, 15) is 9.59 Å². The summed E-state index contributed by atoms with van der Waals surface area (Å²) < 4.78 is 5.08. The topological polar surface area (TPSA) is 109 Å². The molecule has 10 heteroatoms. The van der Waals surface area contributed by atoms with Gasteiger partial charge in [0.25, 0.3) is 5.91 Å². The van der Waals surface area contributed by atoms with Gasteiger partial charge in [-0.25, -0.2) is 9.97 Å². The van der Waals surface area contributed by atoms with Gasteiger partial charge in [-0.3, -0.25) is 9.59 Å². The average molecular weight is 403 g/mol. The van der Waals surface area contributed by atoms with Crippen LogP contribution in [0.4, 0.5) is 11.6 Å². The maximum absolute atomic E-state index is 12.6. The first-order valence-corrected chi connectivity index (χ1v) is 8.89. The number of carbonyl (C=O) groups is 2. The largest absolute Gasteiger partial charge is 0.480 e. The van der Waals surface area contributed by atoms with Crippen LogP contribution in [-0.2, 0) is 4.79 Å². The number of methoxy groups -OCH3 is 1. The summed E-state index contributed by atoms with van der Waals surface area (Å²) in [7, 11) is 1.48. The molecule has 146 valence electrons. The van der Waals surface area contributed by atoms with E-state index in [0.717, 1.165) is 12.5 Å². The van der Waals surface area contributed by atoms with Crippen LogP contribution in [0, 0.1) is 0 Å². The molecule has 2 N–H and O–H groups in total. The summed E-state index contributed by atoms with van der Waals surface area (Å²) in [5.41, 5.74) is 0.804. The predicted molar refractivity (Wildman–Crippen MR) is 105 cm³/mol. The lowest BCUT2D eigenvalue weighted by molar-refractivity contribution is -0.111. The summed E-state index contributed by atoms with van der Waals surface area (Å²) in [5, 5.41) is 6.10. The fourth-order valence-corrected chi connectivity index (χ4v) is 2.93. The van der Waals surface area contributed by atoms with E-state index in [0.29, 0.717) is 35.4 Å². The van der Waals surface area contributed by atoms with Gasteiger partial charge in [0.05, 0.1) is 25.2 Å². The maximum Gasteiger partial charge on any atom is 0.272 e. The number of hydrogen-bond donors (Lipinski definition) is 2. The minimum absolute atomic E-state index is 0.000911. The molecular formula is C18H19ClN6O3. The van der Waals surface area contributed by atoms with Crippen molar-refractivity contribution < 1.29 is 14.3 Å². The van der Waals surface area contributed by atoms with Crippen molar-refractivity contribution in [3.63, 3.8) is 0 Å². The van der Waals surface area contributed by atoms with Crippen LogP contribution < -0.4 is 15.4 Å². The van der Waals surface area contributed by atoms with Gasteiger partial charge in [-0.1, -0.05) is 18.2 Å². The SMILES string of the molecule is C=CC(=O)Nc1ccc(C(=O)N2CC[C@@H](Nc3ncc(Cl)c(OC)n3)C2)nc1. The van der Waals surface area contributed by atoms with Crippen LogP contribution in [0.1, 0.15) is 16.9 Å². The highest BCUT2D eigenvalue weighted by molar-refractivity contribution is 6.31. The minimum atomic E-state index is -0.338. The first-order valence-electron chi connectivity index (χ1n) is 8.52. The first kappa shape index (κ1) is 19.6. The number of halogens is 1. The van der Waals surface area contributed by atoms with E-state index in [1.165, 1.54) is 19.5 Å². The second-order valence-electron chi connectivity index (χ2n) is 6.06. The Bertz CT molecular complexity index is 889. The number of hydrogen-bond acceptors (Lipinski definition) is 7. The Morgan fingerprint density at radius 2 is 2.18 bits per heavy atom. The molecular weight excluding hydrogens is 384 g/mol. The smallest absolute Gasteiger partial charge is 0.272 e. The summed E-state index contributed by atoms with van der Waals surface area (Å²) in [5.74, 6) is 0.162. The van der Waals surface area contributed by atoms with Gasteiger partial charge in [0.1, 0.15) is 10.7 Å². The van der Waals surface area contributed by atoms with E-state index < -0.39 is 0 Å². The summed E-state index contributed by atoms with van der Waals surface area (Å²) in [6, 6.07) is 3.21. The molecule has 1 aliphatic heterocycles. The summed E-state index contributed by atoms with van der Waals surface area (Å²) in [4.78, 5) is 38.1. The lowest BCUT2D eigenvalue weighted by Crippen LogP contribution is -2.32. The average Bonchev–Trinajstić information content (AvgIpc) is 3.17. The number of ether oxygens (including phenoxy) is 1. The standard InChI is InChI=1S/C18H19ClN6O3/c1-3-15(26)22-11-4-5-14(20-8-11)17(27)25-7-6-12(10-25)23-18-21-9-13(19)16(24-18)28-2/h3-5,8-9,12H,1,6-7,10H2,2H3,(H,22,26)(H,21,23,24)/t12-/m1/s1. The van der Waals surface area contributed by atoms with Crippen LogP contribution in [-0.4, -0.2) is 57.9 Å². The van der Waals surface area contributed by atoms with E-state index in [1.807, 2.05) is 0 Å². The Hall–Kier alpha value is -3.20. The predicted octanol–water partition coefficient (Wildman–Crippen LogP) is 1.98. The van der Waals surface area contributed by atoms with Gasteiger partial charge in [0.2, 0.25) is 17.7 Å². The van der Waals surface area contributed by atoms with Crippen LogP contribution in [0.3, 0.4) is 0 Å². The molecule has 1 saturated heterocycles. The highest BCUT2D eigenvalue weighted by Crippen LogP contribution is 2.22. The normalized spacial score (nSPS) is 15.8. The Morgan fingerprint density at radius 3 is 2.86 bits per heavy atom. The molecule has 0 radical (unpaired) electrons. The number of aromatic nitrogens is 3. The fraction of sp³-hybridized carbons (Fsp3) is 0.278. The Morgan fingerprint density at radius 1 is 1.36 bits per heavy atom. The zero-order chi connectivity index (χ0) is 20.1. The first-order chi connectivity index (χ1) is 13.5. The summed E-state index contributed by atoms with van der Waals surface area (Å²) >= 11 is 5.93. The van der Waals surface area contributed by atoms with E-state index in [-0.39, 0.29) is 23.7 Å². The van der Waals surface area contributed by atoms with Crippen molar-refractivity contribution in [1.29, 1.82) is 0 Å². The molecule has 0 aliphatic carbocycles. The molecule has 28 heavy (non-hydrogen) atoms. The highest BCUT2D eigenvalue weighted by Gasteiger charge is 2.28. The zero-order valence-corrected chi connectivity index (χ0v) is 15.9. The molecule has 0 aromatic carbocycles. The van der Waals surface area contributed by atoms with Crippen molar-refractivity contribution in [2.75, 3.05) is 30.8 Å². The molecule has 0 spiro atoms. The van der Waals surface area contributed by atoms with Crippen molar-refractivity contribution in [3.8, 4) is 5.88 Å². The zero-order valence-electron chi connectivity index (χ0n) is 15.2.